The third kappa shape index (κ3) is 2.73. The lowest BCUT2D eigenvalue weighted by Crippen LogP contribution is -2.30. The molecule has 0 fully saturated rings. The number of benzene rings is 1. The van der Waals surface area contributed by atoms with Gasteiger partial charge in [-0.3, -0.25) is 9.59 Å². The smallest absolute Gasteiger partial charge is 0.294 e. The largest absolute Gasteiger partial charge is 0.360 e. The van der Waals surface area contributed by atoms with E-state index < -0.39 is 11.7 Å². The van der Waals surface area contributed by atoms with E-state index in [9.17, 15) is 9.59 Å². The summed E-state index contributed by atoms with van der Waals surface area (Å²) in [6.45, 7) is 3.95. The van der Waals surface area contributed by atoms with E-state index in [1.807, 2.05) is 38.1 Å². The maximum atomic E-state index is 12.9. The average Bonchev–Trinajstić information content (AvgIpc) is 3.20. The molecule has 1 aromatic carbocycles. The van der Waals surface area contributed by atoms with Crippen molar-refractivity contribution in [3.05, 3.63) is 41.3 Å². The van der Waals surface area contributed by atoms with Gasteiger partial charge in [0.2, 0.25) is 0 Å². The van der Waals surface area contributed by atoms with Gasteiger partial charge in [-0.1, -0.05) is 37.2 Å². The Kier molecular flexibility index (Phi) is 4.44. The van der Waals surface area contributed by atoms with Crippen molar-refractivity contribution in [2.75, 3.05) is 14.1 Å². The molecule has 0 unspecified atom stereocenters. The van der Waals surface area contributed by atoms with E-state index in [1.165, 1.54) is 4.90 Å². The van der Waals surface area contributed by atoms with E-state index in [4.69, 9.17) is 4.52 Å². The lowest BCUT2D eigenvalue weighted by Gasteiger charge is -2.10. The Morgan fingerprint density at radius 1 is 1.16 bits per heavy atom. The Morgan fingerprint density at radius 2 is 1.88 bits per heavy atom. The first-order valence-electron chi connectivity index (χ1n) is 8.34. The summed E-state index contributed by atoms with van der Waals surface area (Å²) in [7, 11) is 3.15. The van der Waals surface area contributed by atoms with E-state index in [0.717, 1.165) is 22.2 Å². The van der Waals surface area contributed by atoms with Crippen LogP contribution >= 0.6 is 0 Å². The maximum Gasteiger partial charge on any atom is 0.294 e. The number of hydrogen-bond acceptors (Lipinski definition) is 4. The molecule has 0 spiro atoms. The number of amides is 1. The van der Waals surface area contributed by atoms with Crippen LogP contribution in [0.2, 0.25) is 0 Å². The molecule has 130 valence electrons. The van der Waals surface area contributed by atoms with Gasteiger partial charge < -0.3 is 14.4 Å². The van der Waals surface area contributed by atoms with Gasteiger partial charge in [0.1, 0.15) is 5.76 Å². The van der Waals surface area contributed by atoms with Gasteiger partial charge in [-0.25, -0.2) is 0 Å². The summed E-state index contributed by atoms with van der Waals surface area (Å²) in [4.78, 5) is 29.8. The van der Waals surface area contributed by atoms with Crippen LogP contribution in [0.1, 0.15) is 35.7 Å². The van der Waals surface area contributed by atoms with Gasteiger partial charge in [0, 0.05) is 31.4 Å². The second kappa shape index (κ2) is 6.55. The zero-order valence-corrected chi connectivity index (χ0v) is 14.8. The Labute approximate surface area is 145 Å². The summed E-state index contributed by atoms with van der Waals surface area (Å²) >= 11 is 0. The standard InChI is InChI=1S/C19H21N3O3/c1-5-12-16(14(6-2)25-21-12)17-15(18(23)19(24)22(3)4)11-9-7-8-10-13(11)20-17/h7-10,20H,5-6H2,1-4H3. The molecular formula is C19H21N3O3. The lowest BCUT2D eigenvalue weighted by molar-refractivity contribution is -0.124. The van der Waals surface area contributed by atoms with Crippen molar-refractivity contribution in [3.8, 4) is 11.3 Å². The third-order valence-electron chi connectivity index (χ3n) is 4.27. The average molecular weight is 339 g/mol. The van der Waals surface area contributed by atoms with Crippen LogP contribution in [0.25, 0.3) is 22.2 Å². The molecule has 0 aliphatic heterocycles. The molecule has 1 amide bonds. The number of hydrogen-bond donors (Lipinski definition) is 1. The normalized spacial score (nSPS) is 11.0. The minimum atomic E-state index is -0.557. The molecule has 0 bridgehead atoms. The Bertz CT molecular complexity index is 929. The number of ketones is 1. The van der Waals surface area contributed by atoms with Crippen LogP contribution in [0.15, 0.2) is 28.8 Å². The van der Waals surface area contributed by atoms with E-state index in [2.05, 4.69) is 10.1 Å². The van der Waals surface area contributed by atoms with Crippen LogP contribution in [0.4, 0.5) is 0 Å². The lowest BCUT2D eigenvalue weighted by atomic mass is 9.98. The molecule has 2 aromatic heterocycles. The van der Waals surface area contributed by atoms with E-state index >= 15 is 0 Å². The molecule has 3 rings (SSSR count). The number of para-hydroxylation sites is 1. The number of likely N-dealkylation sites (N-methyl/N-ethyl adjacent to an activating group) is 1. The molecule has 2 heterocycles. The Balaban J connectivity index is 2.33. The second-order valence-electron chi connectivity index (χ2n) is 6.08. The van der Waals surface area contributed by atoms with Gasteiger partial charge in [0.05, 0.1) is 22.5 Å². The highest BCUT2D eigenvalue weighted by atomic mass is 16.5. The van der Waals surface area contributed by atoms with Crippen LogP contribution in [0.5, 0.6) is 0 Å². The summed E-state index contributed by atoms with van der Waals surface area (Å²) in [5, 5.41) is 4.86. The number of aromatic nitrogens is 2. The first-order valence-corrected chi connectivity index (χ1v) is 8.34. The van der Waals surface area contributed by atoms with Crippen molar-refractivity contribution < 1.29 is 14.1 Å². The fourth-order valence-electron chi connectivity index (χ4n) is 3.00. The van der Waals surface area contributed by atoms with Gasteiger partial charge in [-0.05, 0) is 12.5 Å². The van der Waals surface area contributed by atoms with Gasteiger partial charge >= 0.3 is 0 Å². The van der Waals surface area contributed by atoms with E-state index in [0.29, 0.717) is 29.9 Å². The highest BCUT2D eigenvalue weighted by Gasteiger charge is 2.29. The number of Topliss-reactive ketones (excluding diaryl/α,β-unsaturated/α-hetero) is 1. The fourth-order valence-corrected chi connectivity index (χ4v) is 3.00. The molecule has 25 heavy (non-hydrogen) atoms. The summed E-state index contributed by atoms with van der Waals surface area (Å²) in [5.41, 5.74) is 3.35. The molecule has 0 aliphatic rings. The number of H-pyrrole nitrogens is 1. The van der Waals surface area contributed by atoms with Gasteiger partial charge in [0.25, 0.3) is 11.7 Å². The Hall–Kier alpha value is -2.89. The number of aryl methyl sites for hydroxylation is 2. The molecule has 6 heteroatoms. The topological polar surface area (TPSA) is 79.2 Å². The van der Waals surface area contributed by atoms with Crippen molar-refractivity contribution in [2.24, 2.45) is 0 Å². The summed E-state index contributed by atoms with van der Waals surface area (Å²) in [6.07, 6.45) is 1.32. The summed E-state index contributed by atoms with van der Waals surface area (Å²) < 4.78 is 5.45. The molecule has 0 atom stereocenters. The molecule has 1 N–H and O–H groups in total. The predicted octanol–water partition coefficient (Wildman–Crippen LogP) is 3.22. The zero-order chi connectivity index (χ0) is 18.1. The number of nitrogens with zero attached hydrogens (tertiary/aromatic N) is 2. The van der Waals surface area contributed by atoms with Crippen LogP contribution < -0.4 is 0 Å². The quantitative estimate of drug-likeness (QED) is 0.572. The van der Waals surface area contributed by atoms with Crippen molar-refractivity contribution in [1.82, 2.24) is 15.0 Å². The maximum absolute atomic E-state index is 12.9. The van der Waals surface area contributed by atoms with Crippen molar-refractivity contribution in [1.29, 1.82) is 0 Å². The zero-order valence-electron chi connectivity index (χ0n) is 14.8. The molecule has 6 nitrogen and oxygen atoms in total. The van der Waals surface area contributed by atoms with Crippen LogP contribution in [-0.4, -0.2) is 40.8 Å². The van der Waals surface area contributed by atoms with Crippen molar-refractivity contribution >= 4 is 22.6 Å². The molecule has 3 aromatic rings. The number of fused-ring (bicyclic) bond motifs is 1. The number of carbonyl (C=O) groups excluding carboxylic acids is 2. The number of carbonyl (C=O) groups is 2. The molecule has 0 radical (unpaired) electrons. The van der Waals surface area contributed by atoms with Gasteiger partial charge in [-0.15, -0.1) is 0 Å². The van der Waals surface area contributed by atoms with Crippen LogP contribution in [0, 0.1) is 0 Å². The monoisotopic (exact) mass is 339 g/mol. The molecule has 0 saturated heterocycles. The molecule has 0 aliphatic carbocycles. The van der Waals surface area contributed by atoms with Gasteiger partial charge in [-0.2, -0.15) is 0 Å². The number of nitrogens with one attached hydrogen (secondary N) is 1. The second-order valence-corrected chi connectivity index (χ2v) is 6.08. The van der Waals surface area contributed by atoms with Gasteiger partial charge in [0.15, 0.2) is 0 Å². The van der Waals surface area contributed by atoms with Crippen molar-refractivity contribution in [2.45, 2.75) is 26.7 Å². The minimum Gasteiger partial charge on any atom is -0.360 e. The number of aromatic amines is 1. The minimum absolute atomic E-state index is 0.377. The van der Waals surface area contributed by atoms with Crippen LogP contribution in [0.3, 0.4) is 0 Å². The fraction of sp³-hybridized carbons (Fsp3) is 0.316. The highest BCUT2D eigenvalue weighted by molar-refractivity contribution is 6.46. The van der Waals surface area contributed by atoms with E-state index in [1.54, 1.807) is 14.1 Å². The summed E-state index contributed by atoms with van der Waals surface area (Å²) in [5.74, 6) is -0.393. The predicted molar refractivity (Wildman–Crippen MR) is 95.6 cm³/mol. The van der Waals surface area contributed by atoms with Crippen LogP contribution in [-0.2, 0) is 17.6 Å². The Morgan fingerprint density at radius 3 is 2.52 bits per heavy atom. The first kappa shape index (κ1) is 17.0. The summed E-state index contributed by atoms with van der Waals surface area (Å²) in [6, 6.07) is 7.47. The first-order chi connectivity index (χ1) is 12.0. The highest BCUT2D eigenvalue weighted by Crippen LogP contribution is 2.35. The van der Waals surface area contributed by atoms with E-state index in [-0.39, 0.29) is 0 Å². The SMILES string of the molecule is CCc1noc(CC)c1-c1[nH]c2ccccc2c1C(=O)C(=O)N(C)C. The number of rotatable bonds is 5. The van der Waals surface area contributed by atoms with Crippen molar-refractivity contribution in [3.63, 3.8) is 0 Å². The molecule has 0 saturated carbocycles. The molecular weight excluding hydrogens is 318 g/mol. The third-order valence-corrected chi connectivity index (χ3v) is 4.27.